The van der Waals surface area contributed by atoms with E-state index in [1.54, 1.807) is 0 Å². The fraction of sp³-hybridized carbons (Fsp3) is 1.00. The second-order valence-corrected chi connectivity index (χ2v) is 6.32. The number of hydrogen-bond acceptors (Lipinski definition) is 3. The van der Waals surface area contributed by atoms with Crippen LogP contribution in [0.5, 0.6) is 0 Å². The van der Waals surface area contributed by atoms with Gasteiger partial charge in [-0.05, 0) is 37.6 Å². The minimum absolute atomic E-state index is 0.243. The summed E-state index contributed by atoms with van der Waals surface area (Å²) in [5, 5.41) is 0. The second kappa shape index (κ2) is 6.88. The Hall–Kier alpha value is -0.120. The number of hydrogen-bond donors (Lipinski definition) is 1. The van der Waals surface area contributed by atoms with Gasteiger partial charge in [0.15, 0.2) is 0 Å². The molecule has 2 rings (SSSR count). The first-order chi connectivity index (χ1) is 8.70. The number of ether oxygens (including phenoxy) is 1. The molecule has 1 heterocycles. The lowest BCUT2D eigenvalue weighted by molar-refractivity contribution is -0.0530. The molecule has 3 heteroatoms. The summed E-state index contributed by atoms with van der Waals surface area (Å²) in [7, 11) is 0. The predicted octanol–water partition coefficient (Wildman–Crippen LogP) is 2.25. The van der Waals surface area contributed by atoms with E-state index in [1.807, 2.05) is 0 Å². The van der Waals surface area contributed by atoms with E-state index in [1.165, 1.54) is 38.6 Å². The summed E-state index contributed by atoms with van der Waals surface area (Å²) in [6, 6.07) is 0.243. The van der Waals surface area contributed by atoms with Gasteiger partial charge < -0.3 is 10.5 Å². The van der Waals surface area contributed by atoms with Crippen molar-refractivity contribution in [1.82, 2.24) is 4.90 Å². The Morgan fingerprint density at radius 2 is 2.22 bits per heavy atom. The van der Waals surface area contributed by atoms with Gasteiger partial charge >= 0.3 is 0 Å². The summed E-state index contributed by atoms with van der Waals surface area (Å²) in [6.45, 7) is 8.78. The molecule has 1 saturated carbocycles. The highest BCUT2D eigenvalue weighted by Gasteiger charge is 2.32. The lowest BCUT2D eigenvalue weighted by Crippen LogP contribution is -2.53. The lowest BCUT2D eigenvalue weighted by atomic mass is 9.77. The van der Waals surface area contributed by atoms with Crippen LogP contribution < -0.4 is 5.73 Å². The smallest absolute Gasteiger partial charge is 0.0855 e. The molecule has 1 saturated heterocycles. The molecule has 2 N–H and O–H groups in total. The predicted molar refractivity (Wildman–Crippen MR) is 75.6 cm³/mol. The lowest BCUT2D eigenvalue weighted by Gasteiger charge is -2.40. The third-order valence-electron chi connectivity index (χ3n) is 4.67. The largest absolute Gasteiger partial charge is 0.374 e. The fourth-order valence-corrected chi connectivity index (χ4v) is 3.62. The molecule has 0 bridgehead atoms. The van der Waals surface area contributed by atoms with Gasteiger partial charge in [0.25, 0.3) is 0 Å². The van der Waals surface area contributed by atoms with Gasteiger partial charge in [-0.25, -0.2) is 0 Å². The standard InChI is InChI=1S/C15H30N2O/c1-3-7-17-8-9-18-14(11-17)15(16)13-6-4-5-12(2)10-13/h12-15H,3-11,16H2,1-2H3. The highest BCUT2D eigenvalue weighted by molar-refractivity contribution is 4.88. The Kier molecular flexibility index (Phi) is 5.46. The highest BCUT2D eigenvalue weighted by Crippen LogP contribution is 2.32. The zero-order chi connectivity index (χ0) is 13.0. The van der Waals surface area contributed by atoms with E-state index in [-0.39, 0.29) is 12.1 Å². The molecule has 0 aromatic carbocycles. The second-order valence-electron chi connectivity index (χ2n) is 6.32. The Balaban J connectivity index is 1.85. The highest BCUT2D eigenvalue weighted by atomic mass is 16.5. The van der Waals surface area contributed by atoms with E-state index >= 15 is 0 Å². The summed E-state index contributed by atoms with van der Waals surface area (Å²) in [6.07, 6.45) is 6.83. The summed E-state index contributed by atoms with van der Waals surface area (Å²) in [4.78, 5) is 2.51. The Bertz CT molecular complexity index is 245. The van der Waals surface area contributed by atoms with Crippen molar-refractivity contribution in [2.45, 2.75) is 58.1 Å². The van der Waals surface area contributed by atoms with Crippen LogP contribution in [0.4, 0.5) is 0 Å². The Labute approximate surface area is 112 Å². The van der Waals surface area contributed by atoms with E-state index < -0.39 is 0 Å². The molecule has 4 unspecified atom stereocenters. The van der Waals surface area contributed by atoms with Crippen molar-refractivity contribution in [1.29, 1.82) is 0 Å². The van der Waals surface area contributed by atoms with Crippen molar-refractivity contribution in [2.75, 3.05) is 26.2 Å². The average Bonchev–Trinajstić information content (AvgIpc) is 2.39. The topological polar surface area (TPSA) is 38.5 Å². The van der Waals surface area contributed by atoms with Gasteiger partial charge in [-0.15, -0.1) is 0 Å². The van der Waals surface area contributed by atoms with Crippen LogP contribution in [-0.2, 0) is 4.74 Å². The number of morpholine rings is 1. The van der Waals surface area contributed by atoms with Crippen molar-refractivity contribution in [3.05, 3.63) is 0 Å². The van der Waals surface area contributed by atoms with Crippen LogP contribution in [-0.4, -0.2) is 43.3 Å². The molecule has 0 aromatic rings. The number of nitrogens with zero attached hydrogens (tertiary/aromatic N) is 1. The molecule has 2 aliphatic rings. The average molecular weight is 254 g/mol. The van der Waals surface area contributed by atoms with Crippen molar-refractivity contribution < 1.29 is 4.74 Å². The minimum atomic E-state index is 0.243. The third kappa shape index (κ3) is 3.69. The van der Waals surface area contributed by atoms with Gasteiger partial charge in [-0.2, -0.15) is 0 Å². The molecule has 106 valence electrons. The molecular formula is C15H30N2O. The SMILES string of the molecule is CCCN1CCOC(C(N)C2CCCC(C)C2)C1. The van der Waals surface area contributed by atoms with Gasteiger partial charge in [0, 0.05) is 19.1 Å². The van der Waals surface area contributed by atoms with Crippen LogP contribution in [0, 0.1) is 11.8 Å². The minimum Gasteiger partial charge on any atom is -0.374 e. The quantitative estimate of drug-likeness (QED) is 0.836. The maximum absolute atomic E-state index is 6.49. The molecule has 0 aromatic heterocycles. The third-order valence-corrected chi connectivity index (χ3v) is 4.67. The van der Waals surface area contributed by atoms with E-state index in [4.69, 9.17) is 10.5 Å². The zero-order valence-corrected chi connectivity index (χ0v) is 12.1. The van der Waals surface area contributed by atoms with Crippen molar-refractivity contribution in [2.24, 2.45) is 17.6 Å². The van der Waals surface area contributed by atoms with E-state index in [0.29, 0.717) is 5.92 Å². The molecule has 4 atom stereocenters. The number of nitrogens with two attached hydrogens (primary N) is 1. The van der Waals surface area contributed by atoms with Gasteiger partial charge in [0.2, 0.25) is 0 Å². The monoisotopic (exact) mass is 254 g/mol. The molecule has 2 fully saturated rings. The zero-order valence-electron chi connectivity index (χ0n) is 12.1. The molecule has 18 heavy (non-hydrogen) atoms. The van der Waals surface area contributed by atoms with Crippen LogP contribution in [0.15, 0.2) is 0 Å². The fourth-order valence-electron chi connectivity index (χ4n) is 3.62. The molecule has 1 aliphatic carbocycles. The molecule has 1 aliphatic heterocycles. The van der Waals surface area contributed by atoms with E-state index in [2.05, 4.69) is 18.7 Å². The van der Waals surface area contributed by atoms with Gasteiger partial charge in [-0.3, -0.25) is 4.90 Å². The van der Waals surface area contributed by atoms with Crippen LogP contribution in [0.3, 0.4) is 0 Å². The number of rotatable bonds is 4. The van der Waals surface area contributed by atoms with Crippen LogP contribution in [0.2, 0.25) is 0 Å². The molecule has 0 radical (unpaired) electrons. The summed E-state index contributed by atoms with van der Waals surface area (Å²) >= 11 is 0. The Morgan fingerprint density at radius 3 is 2.94 bits per heavy atom. The van der Waals surface area contributed by atoms with Crippen LogP contribution >= 0.6 is 0 Å². The molecular weight excluding hydrogens is 224 g/mol. The van der Waals surface area contributed by atoms with E-state index in [0.717, 1.165) is 25.6 Å². The normalized spacial score (nSPS) is 36.5. The maximum Gasteiger partial charge on any atom is 0.0855 e. The summed E-state index contributed by atoms with van der Waals surface area (Å²) in [5.41, 5.74) is 6.49. The van der Waals surface area contributed by atoms with E-state index in [9.17, 15) is 0 Å². The van der Waals surface area contributed by atoms with Gasteiger partial charge in [0.05, 0.1) is 12.7 Å². The molecule has 0 spiro atoms. The first kappa shape index (κ1) is 14.3. The maximum atomic E-state index is 6.49. The molecule has 0 amide bonds. The van der Waals surface area contributed by atoms with Gasteiger partial charge in [0.1, 0.15) is 0 Å². The van der Waals surface area contributed by atoms with Crippen LogP contribution in [0.1, 0.15) is 46.0 Å². The summed E-state index contributed by atoms with van der Waals surface area (Å²) < 4.78 is 5.94. The first-order valence-electron chi connectivity index (χ1n) is 7.80. The van der Waals surface area contributed by atoms with Crippen molar-refractivity contribution >= 4 is 0 Å². The van der Waals surface area contributed by atoms with Gasteiger partial charge in [-0.1, -0.05) is 26.7 Å². The Morgan fingerprint density at radius 1 is 1.39 bits per heavy atom. The summed E-state index contributed by atoms with van der Waals surface area (Å²) in [5.74, 6) is 1.53. The first-order valence-corrected chi connectivity index (χ1v) is 7.80. The van der Waals surface area contributed by atoms with Crippen LogP contribution in [0.25, 0.3) is 0 Å². The van der Waals surface area contributed by atoms with Crippen molar-refractivity contribution in [3.8, 4) is 0 Å². The van der Waals surface area contributed by atoms with Crippen molar-refractivity contribution in [3.63, 3.8) is 0 Å². The molecule has 3 nitrogen and oxygen atoms in total.